The van der Waals surface area contributed by atoms with E-state index in [9.17, 15) is 4.79 Å². The Morgan fingerprint density at radius 3 is 2.96 bits per heavy atom. The second-order valence-electron chi connectivity index (χ2n) is 6.35. The average molecular weight is 328 g/mol. The Morgan fingerprint density at radius 2 is 2.25 bits per heavy atom. The van der Waals surface area contributed by atoms with Crippen molar-refractivity contribution in [1.82, 2.24) is 9.88 Å². The quantitative estimate of drug-likeness (QED) is 0.847. The molecule has 0 N–H and O–H groups in total. The number of pyridine rings is 1. The summed E-state index contributed by atoms with van der Waals surface area (Å²) in [4.78, 5) is 19.7. The fourth-order valence-electron chi connectivity index (χ4n) is 3.26. The van der Waals surface area contributed by atoms with E-state index in [1.54, 1.807) is 13.3 Å². The Balaban J connectivity index is 2.03. The second-order valence-corrected chi connectivity index (χ2v) is 6.35. The molecule has 1 saturated heterocycles. The lowest BCUT2D eigenvalue weighted by molar-refractivity contribution is 0.0577. The average Bonchev–Trinajstić information content (AvgIpc) is 3.09. The SMILES string of the molecule is COCCN(C(=O)c1cc(C)cc2c(C)ccnc12)C1CCOC1. The molecule has 0 bridgehead atoms. The zero-order valence-corrected chi connectivity index (χ0v) is 14.5. The summed E-state index contributed by atoms with van der Waals surface area (Å²) in [7, 11) is 1.65. The summed E-state index contributed by atoms with van der Waals surface area (Å²) < 4.78 is 10.7. The van der Waals surface area contributed by atoms with Crippen LogP contribution in [-0.4, -0.2) is 55.3 Å². The van der Waals surface area contributed by atoms with Gasteiger partial charge < -0.3 is 14.4 Å². The third kappa shape index (κ3) is 3.28. The Bertz CT molecular complexity index is 739. The Morgan fingerprint density at radius 1 is 1.42 bits per heavy atom. The van der Waals surface area contributed by atoms with E-state index in [-0.39, 0.29) is 11.9 Å². The number of carbonyl (C=O) groups excluding carboxylic acids is 1. The minimum absolute atomic E-state index is 0.00866. The lowest BCUT2D eigenvalue weighted by atomic mass is 10.0. The molecule has 24 heavy (non-hydrogen) atoms. The van der Waals surface area contributed by atoms with Crippen LogP contribution in [0.4, 0.5) is 0 Å². The van der Waals surface area contributed by atoms with Gasteiger partial charge in [-0.05, 0) is 49.6 Å². The van der Waals surface area contributed by atoms with Crippen LogP contribution in [-0.2, 0) is 9.47 Å². The van der Waals surface area contributed by atoms with Gasteiger partial charge in [0.25, 0.3) is 5.91 Å². The van der Waals surface area contributed by atoms with Crippen LogP contribution >= 0.6 is 0 Å². The van der Waals surface area contributed by atoms with Crippen molar-refractivity contribution in [2.24, 2.45) is 0 Å². The summed E-state index contributed by atoms with van der Waals surface area (Å²) >= 11 is 0. The van der Waals surface area contributed by atoms with Gasteiger partial charge >= 0.3 is 0 Å². The minimum Gasteiger partial charge on any atom is -0.383 e. The molecule has 5 heteroatoms. The van der Waals surface area contributed by atoms with Crippen LogP contribution in [0.3, 0.4) is 0 Å². The zero-order chi connectivity index (χ0) is 17.1. The molecule has 0 aliphatic carbocycles. The fourth-order valence-corrected chi connectivity index (χ4v) is 3.26. The van der Waals surface area contributed by atoms with E-state index in [1.165, 1.54) is 0 Å². The summed E-state index contributed by atoms with van der Waals surface area (Å²) in [5, 5.41) is 1.04. The lowest BCUT2D eigenvalue weighted by Gasteiger charge is -2.28. The van der Waals surface area contributed by atoms with Crippen LogP contribution in [0.15, 0.2) is 24.4 Å². The van der Waals surface area contributed by atoms with E-state index >= 15 is 0 Å². The summed E-state index contributed by atoms with van der Waals surface area (Å²) in [5.74, 6) is 0.00866. The highest BCUT2D eigenvalue weighted by molar-refractivity contribution is 6.06. The monoisotopic (exact) mass is 328 g/mol. The predicted molar refractivity (Wildman–Crippen MR) is 93.4 cm³/mol. The molecule has 128 valence electrons. The molecular formula is C19H24N2O3. The van der Waals surface area contributed by atoms with Crippen molar-refractivity contribution >= 4 is 16.8 Å². The number of aromatic nitrogens is 1. The van der Waals surface area contributed by atoms with Gasteiger partial charge in [-0.3, -0.25) is 9.78 Å². The highest BCUT2D eigenvalue weighted by atomic mass is 16.5. The van der Waals surface area contributed by atoms with Crippen LogP contribution in [0.5, 0.6) is 0 Å². The fraction of sp³-hybridized carbons (Fsp3) is 0.474. The van der Waals surface area contributed by atoms with Crippen molar-refractivity contribution in [3.05, 3.63) is 41.1 Å². The highest BCUT2D eigenvalue weighted by Crippen LogP contribution is 2.25. The summed E-state index contributed by atoms with van der Waals surface area (Å²) in [6.07, 6.45) is 2.63. The predicted octanol–water partition coefficient (Wildman–Crippen LogP) is 2.73. The molecule has 1 aromatic heterocycles. The van der Waals surface area contributed by atoms with Gasteiger partial charge in [-0.1, -0.05) is 0 Å². The van der Waals surface area contributed by atoms with Crippen LogP contribution in [0.1, 0.15) is 27.9 Å². The van der Waals surface area contributed by atoms with Crippen LogP contribution < -0.4 is 0 Å². The molecule has 1 atom stereocenters. The number of amides is 1. The van der Waals surface area contributed by atoms with Gasteiger partial charge in [0.15, 0.2) is 0 Å². The first-order valence-corrected chi connectivity index (χ1v) is 8.35. The lowest BCUT2D eigenvalue weighted by Crippen LogP contribution is -2.42. The second kappa shape index (κ2) is 7.28. The van der Waals surface area contributed by atoms with Gasteiger partial charge in [-0.15, -0.1) is 0 Å². The molecule has 1 unspecified atom stereocenters. The third-order valence-electron chi connectivity index (χ3n) is 4.58. The van der Waals surface area contributed by atoms with Gasteiger partial charge in [-0.25, -0.2) is 0 Å². The van der Waals surface area contributed by atoms with Crippen LogP contribution in [0.2, 0.25) is 0 Å². The number of carbonyl (C=O) groups is 1. The maximum Gasteiger partial charge on any atom is 0.256 e. The largest absolute Gasteiger partial charge is 0.383 e. The summed E-state index contributed by atoms with van der Waals surface area (Å²) in [6, 6.07) is 6.11. The molecule has 1 fully saturated rings. The minimum atomic E-state index is 0.00866. The van der Waals surface area contributed by atoms with Gasteiger partial charge in [0.1, 0.15) is 0 Å². The molecule has 1 amide bonds. The third-order valence-corrected chi connectivity index (χ3v) is 4.58. The number of aryl methyl sites for hydroxylation is 2. The molecule has 5 nitrogen and oxygen atoms in total. The number of hydrogen-bond acceptors (Lipinski definition) is 4. The Kier molecular flexibility index (Phi) is 5.11. The van der Waals surface area contributed by atoms with Gasteiger partial charge in [0, 0.05) is 31.8 Å². The van der Waals surface area contributed by atoms with Crippen molar-refractivity contribution in [1.29, 1.82) is 0 Å². The molecule has 2 heterocycles. The van der Waals surface area contributed by atoms with Gasteiger partial charge in [0.05, 0.1) is 30.3 Å². The van der Waals surface area contributed by atoms with Crippen molar-refractivity contribution in [3.8, 4) is 0 Å². The molecule has 2 aromatic rings. The number of ether oxygens (including phenoxy) is 2. The van der Waals surface area contributed by atoms with Crippen molar-refractivity contribution in [3.63, 3.8) is 0 Å². The Labute approximate surface area is 142 Å². The number of fused-ring (bicyclic) bond motifs is 1. The smallest absolute Gasteiger partial charge is 0.256 e. The standard InChI is InChI=1S/C19H24N2O3/c1-13-10-16-14(2)4-6-20-18(16)17(11-13)19(22)21(7-9-23-3)15-5-8-24-12-15/h4,6,10-11,15H,5,7-9,12H2,1-3H3. The van der Waals surface area contributed by atoms with Crippen LogP contribution in [0, 0.1) is 13.8 Å². The van der Waals surface area contributed by atoms with E-state index in [2.05, 4.69) is 11.1 Å². The van der Waals surface area contributed by atoms with Crippen LogP contribution in [0.25, 0.3) is 10.9 Å². The molecule has 1 aliphatic heterocycles. The number of rotatable bonds is 5. The van der Waals surface area contributed by atoms with E-state index in [4.69, 9.17) is 9.47 Å². The number of methoxy groups -OCH3 is 1. The van der Waals surface area contributed by atoms with Crippen molar-refractivity contribution < 1.29 is 14.3 Å². The molecule has 0 saturated carbocycles. The zero-order valence-electron chi connectivity index (χ0n) is 14.5. The molecule has 1 aliphatic rings. The van der Waals surface area contributed by atoms with E-state index in [0.29, 0.717) is 31.9 Å². The number of benzene rings is 1. The first-order chi connectivity index (χ1) is 11.6. The summed E-state index contributed by atoms with van der Waals surface area (Å²) in [5.41, 5.74) is 3.63. The normalized spacial score (nSPS) is 17.4. The molecule has 3 rings (SSSR count). The van der Waals surface area contributed by atoms with E-state index in [0.717, 1.165) is 28.5 Å². The molecular weight excluding hydrogens is 304 g/mol. The molecule has 1 aromatic carbocycles. The van der Waals surface area contributed by atoms with E-state index < -0.39 is 0 Å². The molecule has 0 radical (unpaired) electrons. The highest BCUT2D eigenvalue weighted by Gasteiger charge is 2.29. The topological polar surface area (TPSA) is 51.7 Å². The molecule has 0 spiro atoms. The number of nitrogens with zero attached hydrogens (tertiary/aromatic N) is 2. The maximum atomic E-state index is 13.3. The van der Waals surface area contributed by atoms with Crippen molar-refractivity contribution in [2.45, 2.75) is 26.3 Å². The van der Waals surface area contributed by atoms with Crippen molar-refractivity contribution in [2.75, 3.05) is 33.5 Å². The van der Waals surface area contributed by atoms with Gasteiger partial charge in [-0.2, -0.15) is 0 Å². The van der Waals surface area contributed by atoms with Gasteiger partial charge in [0.2, 0.25) is 0 Å². The Hall–Kier alpha value is -1.98. The summed E-state index contributed by atoms with van der Waals surface area (Å²) in [6.45, 7) is 6.42. The maximum absolute atomic E-state index is 13.3. The van der Waals surface area contributed by atoms with E-state index in [1.807, 2.05) is 30.9 Å². The number of hydrogen-bond donors (Lipinski definition) is 0. The first kappa shape index (κ1) is 16.9. The first-order valence-electron chi connectivity index (χ1n) is 8.35.